The number of nitriles is 1. The van der Waals surface area contributed by atoms with Crippen LogP contribution < -0.4 is 0 Å². The van der Waals surface area contributed by atoms with Gasteiger partial charge < -0.3 is 9.64 Å². The highest BCUT2D eigenvalue weighted by Gasteiger charge is 2.33. The lowest BCUT2D eigenvalue weighted by molar-refractivity contribution is -0.135. The fourth-order valence-corrected chi connectivity index (χ4v) is 2.17. The summed E-state index contributed by atoms with van der Waals surface area (Å²) in [6, 6.07) is 2.22. The zero-order chi connectivity index (χ0) is 12.1. The lowest BCUT2D eigenvalue weighted by Crippen LogP contribution is -2.43. The second-order valence-electron chi connectivity index (χ2n) is 4.35. The smallest absolute Gasteiger partial charge is 0.240 e. The minimum Gasteiger partial charge on any atom is -0.376 e. The molecule has 0 saturated carbocycles. The van der Waals surface area contributed by atoms with Crippen LogP contribution in [0, 0.1) is 17.2 Å². The van der Waals surface area contributed by atoms with E-state index in [-0.39, 0.29) is 18.1 Å². The first-order chi connectivity index (χ1) is 7.61. The molecule has 0 aliphatic carbocycles. The van der Waals surface area contributed by atoms with E-state index in [9.17, 15) is 4.79 Å². The Hall–Kier alpha value is -1.08. The molecular weight excluding hydrogens is 204 g/mol. The summed E-state index contributed by atoms with van der Waals surface area (Å²) in [6.45, 7) is 4.66. The molecule has 0 aromatic heterocycles. The molecule has 3 atom stereocenters. The molecule has 4 heteroatoms. The van der Waals surface area contributed by atoms with E-state index in [0.717, 1.165) is 12.8 Å². The van der Waals surface area contributed by atoms with E-state index in [1.165, 1.54) is 0 Å². The van der Waals surface area contributed by atoms with E-state index in [4.69, 9.17) is 10.00 Å². The van der Waals surface area contributed by atoms with Gasteiger partial charge in [0.25, 0.3) is 0 Å². The summed E-state index contributed by atoms with van der Waals surface area (Å²) in [6.07, 6.45) is 2.44. The molecule has 4 nitrogen and oxygen atoms in total. The summed E-state index contributed by atoms with van der Waals surface area (Å²) in [4.78, 5) is 13.7. The topological polar surface area (TPSA) is 53.3 Å². The normalized spacial score (nSPS) is 26.1. The Morgan fingerprint density at radius 3 is 2.81 bits per heavy atom. The van der Waals surface area contributed by atoms with Gasteiger partial charge in [-0.15, -0.1) is 0 Å². The van der Waals surface area contributed by atoms with Crippen LogP contribution in [0.5, 0.6) is 0 Å². The number of carbonyl (C=O) groups is 1. The zero-order valence-corrected chi connectivity index (χ0v) is 10.3. The number of hydrogen-bond acceptors (Lipinski definition) is 3. The molecule has 3 unspecified atom stereocenters. The fourth-order valence-electron chi connectivity index (χ4n) is 2.17. The average molecular weight is 224 g/mol. The lowest BCUT2D eigenvalue weighted by atomic mass is 10.0. The number of rotatable bonds is 4. The molecule has 1 saturated heterocycles. The van der Waals surface area contributed by atoms with Crippen LogP contribution in [0.4, 0.5) is 0 Å². The van der Waals surface area contributed by atoms with E-state index in [1.807, 2.05) is 13.8 Å². The molecule has 90 valence electrons. The van der Waals surface area contributed by atoms with Gasteiger partial charge >= 0.3 is 0 Å². The van der Waals surface area contributed by atoms with Gasteiger partial charge in [0, 0.05) is 13.7 Å². The Bertz CT molecular complexity index is 285. The number of amides is 1. The van der Waals surface area contributed by atoms with E-state index in [1.54, 1.807) is 11.9 Å². The summed E-state index contributed by atoms with van der Waals surface area (Å²) in [7, 11) is 1.78. The monoisotopic (exact) mass is 224 g/mol. The predicted octanol–water partition coefficient (Wildman–Crippen LogP) is 1.56. The van der Waals surface area contributed by atoms with Crippen molar-refractivity contribution in [3.05, 3.63) is 0 Å². The van der Waals surface area contributed by atoms with Crippen LogP contribution in [-0.4, -0.2) is 36.6 Å². The Labute approximate surface area is 97.2 Å². The van der Waals surface area contributed by atoms with Crippen LogP contribution in [0.15, 0.2) is 0 Å². The second kappa shape index (κ2) is 5.86. The van der Waals surface area contributed by atoms with Crippen LogP contribution in [0.3, 0.4) is 0 Å². The van der Waals surface area contributed by atoms with Crippen molar-refractivity contribution in [2.75, 3.05) is 13.7 Å². The van der Waals surface area contributed by atoms with Crippen molar-refractivity contribution in [1.82, 2.24) is 4.90 Å². The summed E-state index contributed by atoms with van der Waals surface area (Å²) in [5.74, 6) is -0.561. The van der Waals surface area contributed by atoms with Crippen molar-refractivity contribution < 1.29 is 9.53 Å². The Morgan fingerprint density at radius 2 is 2.38 bits per heavy atom. The summed E-state index contributed by atoms with van der Waals surface area (Å²) >= 11 is 0. The van der Waals surface area contributed by atoms with Gasteiger partial charge in [0.2, 0.25) is 5.91 Å². The minimum absolute atomic E-state index is 0.0632. The van der Waals surface area contributed by atoms with Crippen LogP contribution in [0.2, 0.25) is 0 Å². The van der Waals surface area contributed by atoms with Crippen LogP contribution in [-0.2, 0) is 9.53 Å². The number of likely N-dealkylation sites (N-methyl/N-ethyl adjacent to an activating group) is 1. The molecule has 1 fully saturated rings. The van der Waals surface area contributed by atoms with E-state index in [0.29, 0.717) is 13.0 Å². The lowest BCUT2D eigenvalue weighted by Gasteiger charge is -2.28. The van der Waals surface area contributed by atoms with Gasteiger partial charge in [-0.2, -0.15) is 5.26 Å². The predicted molar refractivity (Wildman–Crippen MR) is 60.6 cm³/mol. The molecule has 0 N–H and O–H groups in total. The Morgan fingerprint density at radius 1 is 1.69 bits per heavy atom. The van der Waals surface area contributed by atoms with Crippen LogP contribution >= 0.6 is 0 Å². The van der Waals surface area contributed by atoms with Crippen molar-refractivity contribution in [2.45, 2.75) is 45.3 Å². The number of carbonyl (C=O) groups excluding carboxylic acids is 1. The van der Waals surface area contributed by atoms with E-state index >= 15 is 0 Å². The minimum atomic E-state index is -0.497. The number of ether oxygens (including phenoxy) is 1. The molecule has 16 heavy (non-hydrogen) atoms. The molecule has 1 aliphatic heterocycles. The quantitative estimate of drug-likeness (QED) is 0.728. The largest absolute Gasteiger partial charge is 0.376 e. The molecular formula is C12H20N2O2. The molecule has 0 bridgehead atoms. The third kappa shape index (κ3) is 2.73. The highest BCUT2D eigenvalue weighted by atomic mass is 16.5. The maximum atomic E-state index is 12.0. The molecule has 0 aromatic carbocycles. The first kappa shape index (κ1) is 13.0. The highest BCUT2D eigenvalue weighted by Crippen LogP contribution is 2.20. The fraction of sp³-hybridized carbons (Fsp3) is 0.833. The van der Waals surface area contributed by atoms with Crippen molar-refractivity contribution in [3.63, 3.8) is 0 Å². The van der Waals surface area contributed by atoms with Crippen molar-refractivity contribution in [2.24, 2.45) is 5.92 Å². The average Bonchev–Trinajstić information content (AvgIpc) is 2.70. The van der Waals surface area contributed by atoms with E-state index in [2.05, 4.69) is 6.07 Å². The molecule has 1 rings (SSSR count). The maximum Gasteiger partial charge on any atom is 0.240 e. The first-order valence-electron chi connectivity index (χ1n) is 5.89. The third-order valence-electron chi connectivity index (χ3n) is 3.21. The van der Waals surface area contributed by atoms with E-state index < -0.39 is 5.92 Å². The van der Waals surface area contributed by atoms with Gasteiger partial charge in [-0.3, -0.25) is 4.79 Å². The summed E-state index contributed by atoms with van der Waals surface area (Å²) in [5, 5.41) is 8.96. The number of nitrogens with zero attached hydrogens (tertiary/aromatic N) is 2. The standard InChI is InChI=1S/C12H20N2O2/c1-4-5-10(8-13)12(15)14(3)11-6-7-16-9(11)2/h9-11H,4-7H2,1-3H3. The summed E-state index contributed by atoms with van der Waals surface area (Å²) < 4.78 is 5.43. The van der Waals surface area contributed by atoms with Crippen molar-refractivity contribution in [3.8, 4) is 6.07 Å². The first-order valence-corrected chi connectivity index (χ1v) is 5.89. The molecule has 1 heterocycles. The highest BCUT2D eigenvalue weighted by molar-refractivity contribution is 5.81. The molecule has 0 spiro atoms. The Kier molecular flexibility index (Phi) is 4.75. The summed E-state index contributed by atoms with van der Waals surface area (Å²) in [5.41, 5.74) is 0. The van der Waals surface area contributed by atoms with Gasteiger partial charge in [0.05, 0.1) is 18.2 Å². The Balaban J connectivity index is 2.62. The van der Waals surface area contributed by atoms with Gasteiger partial charge in [-0.25, -0.2) is 0 Å². The zero-order valence-electron chi connectivity index (χ0n) is 10.3. The number of hydrogen-bond donors (Lipinski definition) is 0. The van der Waals surface area contributed by atoms with Crippen LogP contribution in [0.25, 0.3) is 0 Å². The van der Waals surface area contributed by atoms with Gasteiger partial charge in [-0.05, 0) is 19.8 Å². The van der Waals surface area contributed by atoms with Crippen LogP contribution in [0.1, 0.15) is 33.1 Å². The van der Waals surface area contributed by atoms with Gasteiger partial charge in [-0.1, -0.05) is 13.3 Å². The van der Waals surface area contributed by atoms with Gasteiger partial charge in [0.15, 0.2) is 0 Å². The second-order valence-corrected chi connectivity index (χ2v) is 4.35. The van der Waals surface area contributed by atoms with Crippen molar-refractivity contribution in [1.29, 1.82) is 5.26 Å². The molecule has 1 amide bonds. The van der Waals surface area contributed by atoms with Crippen molar-refractivity contribution >= 4 is 5.91 Å². The SMILES string of the molecule is CCCC(C#N)C(=O)N(C)C1CCOC1C. The maximum absolute atomic E-state index is 12.0. The molecule has 0 radical (unpaired) electrons. The molecule has 1 aliphatic rings. The van der Waals surface area contributed by atoms with Gasteiger partial charge in [0.1, 0.15) is 5.92 Å². The third-order valence-corrected chi connectivity index (χ3v) is 3.21. The molecule has 0 aromatic rings.